The van der Waals surface area contributed by atoms with E-state index in [1.165, 1.54) is 7.11 Å². The lowest BCUT2D eigenvalue weighted by atomic mass is 10.1. The van der Waals surface area contributed by atoms with Crippen molar-refractivity contribution in [2.45, 2.75) is 0 Å². The molecule has 1 aliphatic rings. The third kappa shape index (κ3) is 2.44. The predicted molar refractivity (Wildman–Crippen MR) is 78.2 cm³/mol. The molecule has 0 bridgehead atoms. The minimum atomic E-state index is -0.339. The number of ether oxygens (including phenoxy) is 1. The molecule has 0 atom stereocenters. The van der Waals surface area contributed by atoms with Crippen LogP contribution in [-0.2, 0) is 4.74 Å². The third-order valence-corrected chi connectivity index (χ3v) is 3.82. The normalized spacial score (nSPS) is 15.3. The summed E-state index contributed by atoms with van der Waals surface area (Å²) in [6, 6.07) is 7.73. The maximum Gasteiger partial charge on any atom is 0.409 e. The molecule has 21 heavy (non-hydrogen) atoms. The van der Waals surface area contributed by atoms with E-state index in [0.717, 1.165) is 10.9 Å². The molecule has 1 aliphatic heterocycles. The Morgan fingerprint density at radius 3 is 2.48 bits per heavy atom. The van der Waals surface area contributed by atoms with Crippen LogP contribution in [0.15, 0.2) is 30.5 Å². The third-order valence-electron chi connectivity index (χ3n) is 3.82. The van der Waals surface area contributed by atoms with Gasteiger partial charge < -0.3 is 19.5 Å². The summed E-state index contributed by atoms with van der Waals surface area (Å²) in [6.07, 6.45) is 1.41. The summed E-state index contributed by atoms with van der Waals surface area (Å²) in [5, 5.41) is 0.929. The number of methoxy groups -OCH3 is 1. The molecule has 1 N–H and O–H groups in total. The molecule has 0 unspecified atom stereocenters. The van der Waals surface area contributed by atoms with Crippen molar-refractivity contribution in [3.63, 3.8) is 0 Å². The Balaban J connectivity index is 1.74. The minimum Gasteiger partial charge on any atom is -0.453 e. The van der Waals surface area contributed by atoms with E-state index in [2.05, 4.69) is 4.98 Å². The Morgan fingerprint density at radius 2 is 1.76 bits per heavy atom. The standard InChI is InChI=1S/C15H17N3O3/c1-21-15(20)18-8-6-17(7-9-18)14(19)12-10-16-13-5-3-2-4-11(12)13/h2-5,10,16H,6-9H2,1H3. The van der Waals surface area contributed by atoms with Crippen LogP contribution in [0, 0.1) is 0 Å². The van der Waals surface area contributed by atoms with Crippen molar-refractivity contribution in [2.24, 2.45) is 0 Å². The summed E-state index contributed by atoms with van der Waals surface area (Å²) >= 11 is 0. The number of hydrogen-bond acceptors (Lipinski definition) is 3. The fraction of sp³-hybridized carbons (Fsp3) is 0.333. The number of fused-ring (bicyclic) bond motifs is 1. The van der Waals surface area contributed by atoms with Gasteiger partial charge in [-0.05, 0) is 6.07 Å². The van der Waals surface area contributed by atoms with Crippen LogP contribution < -0.4 is 0 Å². The van der Waals surface area contributed by atoms with Gasteiger partial charge in [-0.25, -0.2) is 4.79 Å². The van der Waals surface area contributed by atoms with Crippen molar-refractivity contribution >= 4 is 22.9 Å². The molecule has 6 heteroatoms. The van der Waals surface area contributed by atoms with Crippen molar-refractivity contribution in [3.05, 3.63) is 36.0 Å². The summed E-state index contributed by atoms with van der Waals surface area (Å²) < 4.78 is 4.69. The second-order valence-corrected chi connectivity index (χ2v) is 5.00. The van der Waals surface area contributed by atoms with Crippen LogP contribution in [0.5, 0.6) is 0 Å². The van der Waals surface area contributed by atoms with E-state index in [0.29, 0.717) is 31.7 Å². The van der Waals surface area contributed by atoms with Crippen molar-refractivity contribution in [3.8, 4) is 0 Å². The minimum absolute atomic E-state index is 0.00281. The van der Waals surface area contributed by atoms with Gasteiger partial charge >= 0.3 is 6.09 Å². The number of aromatic nitrogens is 1. The van der Waals surface area contributed by atoms with E-state index in [9.17, 15) is 9.59 Å². The highest BCUT2D eigenvalue weighted by atomic mass is 16.5. The highest BCUT2D eigenvalue weighted by molar-refractivity contribution is 6.06. The van der Waals surface area contributed by atoms with Crippen molar-refractivity contribution in [2.75, 3.05) is 33.3 Å². The van der Waals surface area contributed by atoms with Gasteiger partial charge in [0, 0.05) is 43.3 Å². The first-order chi connectivity index (χ1) is 10.2. The van der Waals surface area contributed by atoms with Crippen LogP contribution in [0.1, 0.15) is 10.4 Å². The van der Waals surface area contributed by atoms with Crippen LogP contribution >= 0.6 is 0 Å². The summed E-state index contributed by atoms with van der Waals surface area (Å²) in [5.41, 5.74) is 1.63. The second-order valence-electron chi connectivity index (χ2n) is 5.00. The largest absolute Gasteiger partial charge is 0.453 e. The number of para-hydroxylation sites is 1. The van der Waals surface area contributed by atoms with Gasteiger partial charge in [-0.3, -0.25) is 4.79 Å². The molecule has 110 valence electrons. The summed E-state index contributed by atoms with van der Waals surface area (Å²) in [5.74, 6) is -0.00281. The molecule has 1 aromatic carbocycles. The first-order valence-electron chi connectivity index (χ1n) is 6.89. The quantitative estimate of drug-likeness (QED) is 0.868. The molecule has 2 aromatic rings. The Labute approximate surface area is 122 Å². The molecule has 1 saturated heterocycles. The molecule has 0 aliphatic carbocycles. The molecular formula is C15H17N3O3. The van der Waals surface area contributed by atoms with Crippen molar-refractivity contribution in [1.82, 2.24) is 14.8 Å². The molecule has 3 rings (SSSR count). The number of piperazine rings is 1. The van der Waals surface area contributed by atoms with E-state index >= 15 is 0 Å². The first kappa shape index (κ1) is 13.5. The van der Waals surface area contributed by atoms with E-state index in [1.807, 2.05) is 24.3 Å². The fourth-order valence-electron chi connectivity index (χ4n) is 2.64. The zero-order valence-corrected chi connectivity index (χ0v) is 11.8. The number of benzene rings is 1. The molecule has 1 fully saturated rings. The molecule has 2 amide bonds. The van der Waals surface area contributed by atoms with Gasteiger partial charge in [0.25, 0.3) is 5.91 Å². The van der Waals surface area contributed by atoms with Gasteiger partial charge in [-0.15, -0.1) is 0 Å². The topological polar surface area (TPSA) is 65.6 Å². The first-order valence-corrected chi connectivity index (χ1v) is 6.89. The predicted octanol–water partition coefficient (Wildman–Crippen LogP) is 1.69. The second kappa shape index (κ2) is 5.47. The molecule has 0 radical (unpaired) electrons. The lowest BCUT2D eigenvalue weighted by Crippen LogP contribution is -2.50. The van der Waals surface area contributed by atoms with Gasteiger partial charge in [-0.1, -0.05) is 18.2 Å². The number of carbonyl (C=O) groups excluding carboxylic acids is 2. The maximum absolute atomic E-state index is 12.6. The highest BCUT2D eigenvalue weighted by Gasteiger charge is 2.26. The Bertz CT molecular complexity index is 672. The van der Waals surface area contributed by atoms with Crippen molar-refractivity contribution < 1.29 is 14.3 Å². The van der Waals surface area contributed by atoms with E-state index < -0.39 is 0 Å². The SMILES string of the molecule is COC(=O)N1CCN(C(=O)c2c[nH]c3ccccc23)CC1. The van der Waals surface area contributed by atoms with Crippen LogP contribution in [0.3, 0.4) is 0 Å². The van der Waals surface area contributed by atoms with Crippen LogP contribution in [-0.4, -0.2) is 60.1 Å². The van der Waals surface area contributed by atoms with Gasteiger partial charge in [0.15, 0.2) is 0 Å². The van der Waals surface area contributed by atoms with Crippen LogP contribution in [0.2, 0.25) is 0 Å². The molecule has 0 spiro atoms. The Hall–Kier alpha value is -2.50. The Kier molecular flexibility index (Phi) is 3.51. The molecule has 1 aromatic heterocycles. The van der Waals surface area contributed by atoms with E-state index in [-0.39, 0.29) is 12.0 Å². The number of amides is 2. The number of carbonyl (C=O) groups is 2. The number of nitrogens with one attached hydrogen (secondary N) is 1. The zero-order valence-electron chi connectivity index (χ0n) is 11.8. The van der Waals surface area contributed by atoms with Gasteiger partial charge in [0.2, 0.25) is 0 Å². The number of rotatable bonds is 1. The molecule has 6 nitrogen and oxygen atoms in total. The molecular weight excluding hydrogens is 270 g/mol. The smallest absolute Gasteiger partial charge is 0.409 e. The zero-order chi connectivity index (χ0) is 14.8. The van der Waals surface area contributed by atoms with E-state index in [1.54, 1.807) is 16.0 Å². The van der Waals surface area contributed by atoms with Gasteiger partial charge in [0.1, 0.15) is 0 Å². The monoisotopic (exact) mass is 287 g/mol. The van der Waals surface area contributed by atoms with Gasteiger partial charge in [0.05, 0.1) is 12.7 Å². The maximum atomic E-state index is 12.6. The number of H-pyrrole nitrogens is 1. The summed E-state index contributed by atoms with van der Waals surface area (Å²) in [4.78, 5) is 30.5. The average Bonchev–Trinajstić information content (AvgIpc) is 2.97. The lowest BCUT2D eigenvalue weighted by molar-refractivity contribution is 0.0601. The highest BCUT2D eigenvalue weighted by Crippen LogP contribution is 2.20. The number of nitrogens with zero attached hydrogens (tertiary/aromatic N) is 2. The van der Waals surface area contributed by atoms with Gasteiger partial charge in [-0.2, -0.15) is 0 Å². The summed E-state index contributed by atoms with van der Waals surface area (Å²) in [7, 11) is 1.37. The van der Waals surface area contributed by atoms with Crippen LogP contribution in [0.4, 0.5) is 4.79 Å². The molecule has 2 heterocycles. The van der Waals surface area contributed by atoms with E-state index in [4.69, 9.17) is 4.74 Å². The van der Waals surface area contributed by atoms with Crippen molar-refractivity contribution in [1.29, 1.82) is 0 Å². The number of aromatic amines is 1. The fourth-order valence-corrected chi connectivity index (χ4v) is 2.64. The summed E-state index contributed by atoms with van der Waals surface area (Å²) in [6.45, 7) is 2.04. The lowest BCUT2D eigenvalue weighted by Gasteiger charge is -2.33. The Morgan fingerprint density at radius 1 is 1.10 bits per heavy atom. The average molecular weight is 287 g/mol. The van der Waals surface area contributed by atoms with Crippen LogP contribution in [0.25, 0.3) is 10.9 Å². The molecule has 0 saturated carbocycles. The number of hydrogen-bond donors (Lipinski definition) is 1.